The number of hydrogen-bond acceptors (Lipinski definition) is 4. The smallest absolute Gasteiger partial charge is 0.261 e. The summed E-state index contributed by atoms with van der Waals surface area (Å²) in [6.45, 7) is 2.10. The fourth-order valence-corrected chi connectivity index (χ4v) is 3.26. The molecule has 2 aromatic carbocycles. The molecule has 0 aromatic heterocycles. The maximum Gasteiger partial charge on any atom is 0.261 e. The molecule has 0 fully saturated rings. The minimum absolute atomic E-state index is 0.00159. The van der Waals surface area contributed by atoms with E-state index in [1.807, 2.05) is 0 Å². The van der Waals surface area contributed by atoms with Crippen molar-refractivity contribution < 1.29 is 17.9 Å². The van der Waals surface area contributed by atoms with Gasteiger partial charge in [-0.05, 0) is 37.3 Å². The van der Waals surface area contributed by atoms with Gasteiger partial charge >= 0.3 is 0 Å². The van der Waals surface area contributed by atoms with E-state index in [1.54, 1.807) is 37.3 Å². The molecule has 128 valence electrons. The van der Waals surface area contributed by atoms with Crippen molar-refractivity contribution in [3.8, 4) is 5.75 Å². The molecule has 0 spiro atoms. The summed E-state index contributed by atoms with van der Waals surface area (Å²) in [6, 6.07) is 12.6. The predicted molar refractivity (Wildman–Crippen MR) is 92.9 cm³/mol. The van der Waals surface area contributed by atoms with Crippen LogP contribution < -0.4 is 14.8 Å². The molecule has 6 nitrogen and oxygen atoms in total. The molecule has 0 aliphatic heterocycles. The number of carbonyl (C=O) groups excluding carboxylic acids is 1. The Kier molecular flexibility index (Phi) is 6.05. The van der Waals surface area contributed by atoms with Crippen molar-refractivity contribution in [3.63, 3.8) is 0 Å². The van der Waals surface area contributed by atoms with Gasteiger partial charge in [-0.25, -0.2) is 8.42 Å². The summed E-state index contributed by atoms with van der Waals surface area (Å²) in [7, 11) is -3.76. The number of sulfonamides is 1. The van der Waals surface area contributed by atoms with E-state index < -0.39 is 10.0 Å². The molecule has 0 heterocycles. The van der Waals surface area contributed by atoms with Gasteiger partial charge in [-0.2, -0.15) is 0 Å². The average Bonchev–Trinajstić information content (AvgIpc) is 2.54. The highest BCUT2D eigenvalue weighted by molar-refractivity contribution is 7.92. The summed E-state index contributed by atoms with van der Waals surface area (Å²) in [5, 5.41) is 2.69. The first kappa shape index (κ1) is 18.1. The molecule has 24 heavy (non-hydrogen) atoms. The molecule has 2 aromatic rings. The molecule has 0 aliphatic carbocycles. The fourth-order valence-electron chi connectivity index (χ4n) is 1.88. The molecule has 1 amide bonds. The lowest BCUT2D eigenvalue weighted by Crippen LogP contribution is -2.28. The van der Waals surface area contributed by atoms with Crippen molar-refractivity contribution in [3.05, 3.63) is 53.6 Å². The Hall–Kier alpha value is -2.25. The van der Waals surface area contributed by atoms with Crippen LogP contribution in [0.4, 0.5) is 5.69 Å². The van der Waals surface area contributed by atoms with E-state index >= 15 is 0 Å². The van der Waals surface area contributed by atoms with Crippen LogP contribution in [0.3, 0.4) is 0 Å². The largest absolute Gasteiger partial charge is 0.482 e. The minimum Gasteiger partial charge on any atom is -0.482 e. The predicted octanol–water partition coefficient (Wildman–Crippen LogP) is 2.66. The second kappa shape index (κ2) is 8.03. The molecule has 0 atom stereocenters. The van der Waals surface area contributed by atoms with Gasteiger partial charge in [0.05, 0.1) is 9.92 Å². The Morgan fingerprint density at radius 2 is 1.88 bits per heavy atom. The van der Waals surface area contributed by atoms with Crippen LogP contribution in [0, 0.1) is 0 Å². The monoisotopic (exact) mass is 368 g/mol. The van der Waals surface area contributed by atoms with E-state index in [2.05, 4.69) is 10.0 Å². The first-order valence-corrected chi connectivity index (χ1v) is 9.05. The number of ether oxygens (including phenoxy) is 1. The lowest BCUT2D eigenvalue weighted by atomic mass is 10.3. The van der Waals surface area contributed by atoms with Gasteiger partial charge in [0.2, 0.25) is 0 Å². The minimum atomic E-state index is -3.76. The highest BCUT2D eigenvalue weighted by Crippen LogP contribution is 2.28. The van der Waals surface area contributed by atoms with Crippen LogP contribution >= 0.6 is 11.6 Å². The van der Waals surface area contributed by atoms with Crippen LogP contribution in [0.15, 0.2) is 53.4 Å². The van der Waals surface area contributed by atoms with Gasteiger partial charge in [-0.15, -0.1) is 0 Å². The molecule has 8 heteroatoms. The van der Waals surface area contributed by atoms with Gasteiger partial charge in [-0.3, -0.25) is 9.52 Å². The number of hydrogen-bond donors (Lipinski definition) is 2. The standard InChI is InChI=1S/C16H17ClN2O4S/c1-2-18-16(20)11-23-15-9-8-13(10-14(15)17)24(21,22)19-12-6-4-3-5-7-12/h3-10,19H,2,11H2,1H3,(H,18,20). The van der Waals surface area contributed by atoms with Crippen molar-refractivity contribution >= 4 is 33.2 Å². The maximum absolute atomic E-state index is 12.3. The van der Waals surface area contributed by atoms with Crippen molar-refractivity contribution in [2.24, 2.45) is 0 Å². The van der Waals surface area contributed by atoms with E-state index in [1.165, 1.54) is 18.2 Å². The Balaban J connectivity index is 2.12. The number of halogens is 1. The van der Waals surface area contributed by atoms with Crippen LogP contribution in [0.2, 0.25) is 5.02 Å². The lowest BCUT2D eigenvalue weighted by molar-refractivity contribution is -0.122. The molecule has 0 saturated carbocycles. The third-order valence-corrected chi connectivity index (χ3v) is 4.65. The van der Waals surface area contributed by atoms with E-state index in [4.69, 9.17) is 16.3 Å². The van der Waals surface area contributed by atoms with Gasteiger partial charge in [0.15, 0.2) is 6.61 Å². The zero-order chi connectivity index (χ0) is 17.6. The molecule has 0 radical (unpaired) electrons. The summed E-state index contributed by atoms with van der Waals surface area (Å²) in [4.78, 5) is 11.4. The molecular weight excluding hydrogens is 352 g/mol. The van der Waals surface area contributed by atoms with Crippen molar-refractivity contribution in [1.82, 2.24) is 5.32 Å². The lowest BCUT2D eigenvalue weighted by Gasteiger charge is -2.11. The van der Waals surface area contributed by atoms with Crippen LogP contribution in [-0.2, 0) is 14.8 Å². The fraction of sp³-hybridized carbons (Fsp3) is 0.188. The van der Waals surface area contributed by atoms with E-state index in [0.717, 1.165) is 0 Å². The molecular formula is C16H17ClN2O4S. The van der Waals surface area contributed by atoms with Gasteiger partial charge in [0.25, 0.3) is 15.9 Å². The number of amides is 1. The summed E-state index contributed by atoms with van der Waals surface area (Å²) < 4.78 is 32.4. The topological polar surface area (TPSA) is 84.5 Å². The third-order valence-electron chi connectivity index (χ3n) is 2.97. The number of benzene rings is 2. The zero-order valence-corrected chi connectivity index (χ0v) is 14.5. The number of likely N-dealkylation sites (N-methyl/N-ethyl adjacent to an activating group) is 1. The van der Waals surface area contributed by atoms with Gasteiger partial charge in [0, 0.05) is 12.2 Å². The molecule has 0 bridgehead atoms. The van der Waals surface area contributed by atoms with Gasteiger partial charge < -0.3 is 10.1 Å². The van der Waals surface area contributed by atoms with Crippen molar-refractivity contribution in [2.45, 2.75) is 11.8 Å². The van der Waals surface area contributed by atoms with E-state index in [9.17, 15) is 13.2 Å². The van der Waals surface area contributed by atoms with E-state index in [-0.39, 0.29) is 28.2 Å². The SMILES string of the molecule is CCNC(=O)COc1ccc(S(=O)(=O)Nc2ccccc2)cc1Cl. The molecule has 2 N–H and O–H groups in total. The Morgan fingerprint density at radius 3 is 2.50 bits per heavy atom. The molecule has 0 saturated heterocycles. The molecule has 0 unspecified atom stereocenters. The van der Waals surface area contributed by atoms with Crippen molar-refractivity contribution in [1.29, 1.82) is 0 Å². The summed E-state index contributed by atoms with van der Waals surface area (Å²) in [5.41, 5.74) is 0.449. The first-order chi connectivity index (χ1) is 11.4. The van der Waals surface area contributed by atoms with Crippen LogP contribution in [0.5, 0.6) is 5.75 Å². The van der Waals surface area contributed by atoms with Crippen LogP contribution in [0.25, 0.3) is 0 Å². The quantitative estimate of drug-likeness (QED) is 0.786. The van der Waals surface area contributed by atoms with Crippen molar-refractivity contribution in [2.75, 3.05) is 17.9 Å². The molecule has 2 rings (SSSR count). The summed E-state index contributed by atoms with van der Waals surface area (Å²) in [5.74, 6) is -0.0439. The Morgan fingerprint density at radius 1 is 1.17 bits per heavy atom. The highest BCUT2D eigenvalue weighted by Gasteiger charge is 2.16. The average molecular weight is 369 g/mol. The maximum atomic E-state index is 12.3. The normalized spacial score (nSPS) is 10.9. The summed E-state index contributed by atoms with van der Waals surface area (Å²) in [6.07, 6.45) is 0. The second-order valence-electron chi connectivity index (χ2n) is 4.81. The number of rotatable bonds is 7. The number of nitrogens with one attached hydrogen (secondary N) is 2. The Labute approximate surface area is 145 Å². The summed E-state index contributed by atoms with van der Waals surface area (Å²) >= 11 is 6.05. The number of para-hydroxylation sites is 1. The van der Waals surface area contributed by atoms with Gasteiger partial charge in [-0.1, -0.05) is 29.8 Å². The Bertz CT molecular complexity index is 810. The third kappa shape index (κ3) is 4.87. The zero-order valence-electron chi connectivity index (χ0n) is 13.0. The highest BCUT2D eigenvalue weighted by atomic mass is 35.5. The van der Waals surface area contributed by atoms with Gasteiger partial charge in [0.1, 0.15) is 5.75 Å². The number of carbonyl (C=O) groups is 1. The first-order valence-electron chi connectivity index (χ1n) is 7.19. The second-order valence-corrected chi connectivity index (χ2v) is 6.90. The van der Waals surface area contributed by atoms with Crippen LogP contribution in [0.1, 0.15) is 6.92 Å². The van der Waals surface area contributed by atoms with E-state index in [0.29, 0.717) is 12.2 Å². The van der Waals surface area contributed by atoms with Crippen LogP contribution in [-0.4, -0.2) is 27.5 Å². The molecule has 0 aliphatic rings. The number of anilines is 1.